The molecule has 80 valence electrons. The van der Waals surface area contributed by atoms with E-state index in [1.165, 1.54) is 0 Å². The number of oxazole rings is 1. The molecule has 0 bridgehead atoms. The van der Waals surface area contributed by atoms with Gasteiger partial charge < -0.3 is 14.7 Å². The lowest BCUT2D eigenvalue weighted by atomic mass is 10.4. The molecule has 0 spiro atoms. The topological polar surface area (TPSA) is 66.7 Å². The first-order valence-electron chi connectivity index (χ1n) is 4.87. The molecule has 0 atom stereocenters. The number of nitrogens with one attached hydrogen (secondary N) is 2. The normalized spacial score (nSPS) is 10.8. The maximum Gasteiger partial charge on any atom is 0.208 e. The van der Waals surface area contributed by atoms with E-state index in [0.29, 0.717) is 13.1 Å². The predicted octanol–water partition coefficient (Wildman–Crippen LogP) is 1.30. The highest BCUT2D eigenvalue weighted by Crippen LogP contribution is 2.07. The van der Waals surface area contributed by atoms with Gasteiger partial charge in [-0.05, 0) is 13.8 Å². The average Bonchev–Trinajstić information content (AvgIpc) is 2.79. The molecule has 0 unspecified atom stereocenters. The van der Waals surface area contributed by atoms with Crippen molar-refractivity contribution in [1.82, 2.24) is 20.3 Å². The van der Waals surface area contributed by atoms with Crippen LogP contribution in [0.5, 0.6) is 0 Å². The molecule has 15 heavy (non-hydrogen) atoms. The van der Waals surface area contributed by atoms with Crippen molar-refractivity contribution in [3.8, 4) is 0 Å². The quantitative estimate of drug-likeness (QED) is 0.791. The minimum absolute atomic E-state index is 0.620. The van der Waals surface area contributed by atoms with Crippen molar-refractivity contribution >= 4 is 0 Å². The Morgan fingerprint density at radius 1 is 1.40 bits per heavy atom. The van der Waals surface area contributed by atoms with Gasteiger partial charge in [-0.25, -0.2) is 9.97 Å². The van der Waals surface area contributed by atoms with Crippen molar-refractivity contribution in [3.05, 3.63) is 35.6 Å². The zero-order chi connectivity index (χ0) is 10.7. The Kier molecular flexibility index (Phi) is 2.82. The van der Waals surface area contributed by atoms with Crippen LogP contribution in [0.15, 0.2) is 16.8 Å². The fourth-order valence-corrected chi connectivity index (χ4v) is 1.30. The molecule has 0 aromatic carbocycles. The van der Waals surface area contributed by atoms with Crippen LogP contribution in [0.2, 0.25) is 0 Å². The number of imidazole rings is 1. The molecule has 2 rings (SSSR count). The minimum Gasteiger partial charge on any atom is -0.444 e. The second kappa shape index (κ2) is 4.27. The van der Waals surface area contributed by atoms with Gasteiger partial charge in [0.2, 0.25) is 5.89 Å². The Morgan fingerprint density at radius 3 is 2.87 bits per heavy atom. The fraction of sp³-hybridized carbons (Fsp3) is 0.400. The zero-order valence-corrected chi connectivity index (χ0v) is 8.87. The third-order valence-corrected chi connectivity index (χ3v) is 2.20. The molecule has 0 amide bonds. The highest BCUT2D eigenvalue weighted by atomic mass is 16.4. The molecule has 0 saturated carbocycles. The second-order valence-corrected chi connectivity index (χ2v) is 3.39. The van der Waals surface area contributed by atoms with E-state index in [1.807, 2.05) is 13.8 Å². The van der Waals surface area contributed by atoms with Gasteiger partial charge in [-0.3, -0.25) is 0 Å². The summed E-state index contributed by atoms with van der Waals surface area (Å²) in [6.45, 7) is 5.16. The van der Waals surface area contributed by atoms with E-state index in [0.717, 1.165) is 23.2 Å². The molecule has 0 aliphatic carbocycles. The van der Waals surface area contributed by atoms with Gasteiger partial charge in [0.1, 0.15) is 11.6 Å². The molecule has 0 saturated heterocycles. The number of nitrogens with zero attached hydrogens (tertiary/aromatic N) is 2. The first kappa shape index (κ1) is 9.92. The molecular weight excluding hydrogens is 192 g/mol. The first-order chi connectivity index (χ1) is 7.25. The molecule has 0 aliphatic rings. The average molecular weight is 206 g/mol. The van der Waals surface area contributed by atoms with Crippen molar-refractivity contribution in [2.24, 2.45) is 0 Å². The maximum absolute atomic E-state index is 5.43. The van der Waals surface area contributed by atoms with Crippen LogP contribution in [0.1, 0.15) is 23.2 Å². The predicted molar refractivity (Wildman–Crippen MR) is 55.1 cm³/mol. The van der Waals surface area contributed by atoms with Crippen LogP contribution in [-0.4, -0.2) is 15.0 Å². The Bertz CT molecular complexity index is 399. The van der Waals surface area contributed by atoms with Gasteiger partial charge in [-0.2, -0.15) is 0 Å². The van der Waals surface area contributed by atoms with E-state index < -0.39 is 0 Å². The van der Waals surface area contributed by atoms with Crippen LogP contribution in [0, 0.1) is 13.8 Å². The lowest BCUT2D eigenvalue weighted by molar-refractivity contribution is 0.447. The number of hydrogen-bond donors (Lipinski definition) is 2. The summed E-state index contributed by atoms with van der Waals surface area (Å²) in [6, 6.07) is 0. The third kappa shape index (κ3) is 2.44. The molecule has 2 aromatic heterocycles. The fourth-order valence-electron chi connectivity index (χ4n) is 1.30. The van der Waals surface area contributed by atoms with E-state index in [4.69, 9.17) is 4.42 Å². The molecule has 5 heteroatoms. The minimum atomic E-state index is 0.620. The van der Waals surface area contributed by atoms with Crippen LogP contribution in [0.25, 0.3) is 0 Å². The smallest absolute Gasteiger partial charge is 0.208 e. The van der Waals surface area contributed by atoms with Crippen molar-refractivity contribution in [2.75, 3.05) is 0 Å². The molecular formula is C10H14N4O. The van der Waals surface area contributed by atoms with Gasteiger partial charge >= 0.3 is 0 Å². The Balaban J connectivity index is 1.83. The molecule has 5 nitrogen and oxygen atoms in total. The second-order valence-electron chi connectivity index (χ2n) is 3.39. The highest BCUT2D eigenvalue weighted by Gasteiger charge is 2.04. The summed E-state index contributed by atoms with van der Waals surface area (Å²) < 4.78 is 5.43. The molecule has 2 heterocycles. The summed E-state index contributed by atoms with van der Waals surface area (Å²) in [5.74, 6) is 2.51. The van der Waals surface area contributed by atoms with Gasteiger partial charge in [0.25, 0.3) is 0 Å². The Morgan fingerprint density at radius 2 is 2.27 bits per heavy atom. The van der Waals surface area contributed by atoms with Gasteiger partial charge in [0.15, 0.2) is 0 Å². The largest absolute Gasteiger partial charge is 0.444 e. The van der Waals surface area contributed by atoms with Gasteiger partial charge in [0, 0.05) is 12.4 Å². The maximum atomic E-state index is 5.43. The van der Waals surface area contributed by atoms with E-state index in [2.05, 4.69) is 20.3 Å². The van der Waals surface area contributed by atoms with Crippen LogP contribution in [-0.2, 0) is 13.1 Å². The van der Waals surface area contributed by atoms with E-state index in [9.17, 15) is 0 Å². The van der Waals surface area contributed by atoms with Crippen LogP contribution in [0.3, 0.4) is 0 Å². The summed E-state index contributed by atoms with van der Waals surface area (Å²) in [5.41, 5.74) is 0.949. The summed E-state index contributed by atoms with van der Waals surface area (Å²) in [7, 11) is 0. The van der Waals surface area contributed by atoms with E-state index >= 15 is 0 Å². The Hall–Kier alpha value is -1.62. The number of aryl methyl sites for hydroxylation is 2. The highest BCUT2D eigenvalue weighted by molar-refractivity contribution is 5.05. The molecule has 0 fully saturated rings. The van der Waals surface area contributed by atoms with Crippen LogP contribution in [0.4, 0.5) is 0 Å². The number of H-pyrrole nitrogens is 1. The number of hydrogen-bond acceptors (Lipinski definition) is 4. The Labute approximate surface area is 87.9 Å². The molecule has 0 radical (unpaired) electrons. The number of rotatable bonds is 4. The lowest BCUT2D eigenvalue weighted by Gasteiger charge is -1.97. The molecule has 0 aliphatic heterocycles. The molecule has 2 aromatic rings. The van der Waals surface area contributed by atoms with Gasteiger partial charge in [-0.1, -0.05) is 0 Å². The van der Waals surface area contributed by atoms with Crippen molar-refractivity contribution in [3.63, 3.8) is 0 Å². The molecule has 2 N–H and O–H groups in total. The summed E-state index contributed by atoms with van der Waals surface area (Å²) in [5, 5.41) is 3.19. The van der Waals surface area contributed by atoms with Crippen molar-refractivity contribution in [1.29, 1.82) is 0 Å². The SMILES string of the molecule is Cc1nc(CNCc2ncc[nH]2)oc1C. The van der Waals surface area contributed by atoms with Crippen LogP contribution < -0.4 is 5.32 Å². The van der Waals surface area contributed by atoms with Gasteiger partial charge in [-0.15, -0.1) is 0 Å². The lowest BCUT2D eigenvalue weighted by Crippen LogP contribution is -2.13. The van der Waals surface area contributed by atoms with Gasteiger partial charge in [0.05, 0.1) is 18.8 Å². The van der Waals surface area contributed by atoms with Crippen molar-refractivity contribution < 1.29 is 4.42 Å². The van der Waals surface area contributed by atoms with Crippen molar-refractivity contribution in [2.45, 2.75) is 26.9 Å². The number of aromatic nitrogens is 3. The summed E-state index contributed by atoms with van der Waals surface area (Å²) in [6.07, 6.45) is 3.53. The first-order valence-corrected chi connectivity index (χ1v) is 4.87. The van der Waals surface area contributed by atoms with E-state index in [-0.39, 0.29) is 0 Å². The summed E-state index contributed by atoms with van der Waals surface area (Å²) in [4.78, 5) is 11.4. The monoisotopic (exact) mass is 206 g/mol. The number of aromatic amines is 1. The summed E-state index contributed by atoms with van der Waals surface area (Å²) >= 11 is 0. The standard InChI is InChI=1S/C10H14N4O/c1-7-8(2)15-10(14-7)6-11-5-9-12-3-4-13-9/h3-4,11H,5-6H2,1-2H3,(H,12,13). The van der Waals surface area contributed by atoms with Crippen LogP contribution >= 0.6 is 0 Å². The third-order valence-electron chi connectivity index (χ3n) is 2.20. The van der Waals surface area contributed by atoms with E-state index in [1.54, 1.807) is 12.4 Å². The zero-order valence-electron chi connectivity index (χ0n) is 8.87.